The van der Waals surface area contributed by atoms with Gasteiger partial charge in [0.2, 0.25) is 0 Å². The van der Waals surface area contributed by atoms with Crippen molar-refractivity contribution < 1.29 is 4.43 Å². The molecule has 0 aliphatic heterocycles. The van der Waals surface area contributed by atoms with Crippen LogP contribution >= 0.6 is 0 Å². The number of rotatable bonds is 6. The van der Waals surface area contributed by atoms with E-state index in [0.717, 1.165) is 4.79 Å². The minimum Gasteiger partial charge on any atom is -0.421 e. The van der Waals surface area contributed by atoms with Gasteiger partial charge in [0, 0.05) is 31.3 Å². The van der Waals surface area contributed by atoms with Crippen LogP contribution < -0.4 is 0 Å². The Balaban J connectivity index is 5.47. The highest BCUT2D eigenvalue weighted by atomic mass is 28.5. The summed E-state index contributed by atoms with van der Waals surface area (Å²) in [6.45, 7) is 25.5. The first-order chi connectivity index (χ1) is 7.63. The SMILES string of the molecule is CO[Si](C)(C)C([Si](C)(C)C)[Si](C)(C)C[Si](C)(C)C. The largest absolute Gasteiger partial charge is 0.421 e. The fourth-order valence-corrected chi connectivity index (χ4v) is 44.5. The highest BCUT2D eigenvalue weighted by Gasteiger charge is 2.51. The van der Waals surface area contributed by atoms with E-state index in [2.05, 4.69) is 65.5 Å². The molecule has 0 aromatic carbocycles. The van der Waals surface area contributed by atoms with Crippen molar-refractivity contribution in [1.82, 2.24) is 0 Å². The third-order valence-corrected chi connectivity index (χ3v) is 31.5. The standard InChI is InChI=1S/C13H36OSi4/c1-14-18(10,11)13(16(5,6)7)17(8,9)12-15(2,3)4/h13H,12H2,1-11H3. The molecule has 0 N–H and O–H groups in total. The Hall–Kier alpha value is 0.828. The van der Waals surface area contributed by atoms with Crippen molar-refractivity contribution in [2.24, 2.45) is 0 Å². The summed E-state index contributed by atoms with van der Waals surface area (Å²) in [5.74, 6) is 0. The zero-order valence-corrected chi connectivity index (χ0v) is 18.7. The molecule has 0 spiro atoms. The van der Waals surface area contributed by atoms with Crippen LogP contribution in [0.15, 0.2) is 0 Å². The van der Waals surface area contributed by atoms with Crippen LogP contribution in [0.5, 0.6) is 0 Å². The first kappa shape index (κ1) is 18.8. The smallest absolute Gasteiger partial charge is 0.184 e. The van der Waals surface area contributed by atoms with Crippen LogP contribution in [0.2, 0.25) is 75.9 Å². The third-order valence-electron chi connectivity index (χ3n) is 3.85. The summed E-state index contributed by atoms with van der Waals surface area (Å²) >= 11 is 0. The van der Waals surface area contributed by atoms with Gasteiger partial charge in [-0.05, 0) is 17.9 Å². The van der Waals surface area contributed by atoms with Crippen molar-refractivity contribution in [3.05, 3.63) is 0 Å². The molecule has 1 unspecified atom stereocenters. The molecule has 0 heterocycles. The van der Waals surface area contributed by atoms with Gasteiger partial charge in [0.05, 0.1) is 0 Å². The van der Waals surface area contributed by atoms with E-state index in [1.165, 1.54) is 0 Å². The predicted molar refractivity (Wildman–Crippen MR) is 97.2 cm³/mol. The minimum atomic E-state index is -1.53. The lowest BCUT2D eigenvalue weighted by Crippen LogP contribution is -2.60. The Morgan fingerprint density at radius 1 is 0.778 bits per heavy atom. The molecule has 0 saturated heterocycles. The molecule has 0 saturated carbocycles. The molecule has 0 amide bonds. The topological polar surface area (TPSA) is 9.23 Å². The average Bonchev–Trinajstić information content (AvgIpc) is 1.93. The first-order valence-electron chi connectivity index (χ1n) is 7.19. The van der Waals surface area contributed by atoms with Gasteiger partial charge in [-0.2, -0.15) is 0 Å². The number of hydrogen-bond acceptors (Lipinski definition) is 1. The Kier molecular flexibility index (Phi) is 5.93. The zero-order valence-electron chi connectivity index (χ0n) is 14.7. The second-order valence-corrected chi connectivity index (χ2v) is 31.7. The van der Waals surface area contributed by atoms with Gasteiger partial charge in [0.25, 0.3) is 0 Å². The van der Waals surface area contributed by atoms with Gasteiger partial charge in [0.1, 0.15) is 0 Å². The molecule has 110 valence electrons. The Morgan fingerprint density at radius 2 is 1.17 bits per heavy atom. The first-order valence-corrected chi connectivity index (χ1v) is 20.7. The van der Waals surface area contributed by atoms with E-state index in [0.29, 0.717) is 0 Å². The van der Waals surface area contributed by atoms with E-state index in [9.17, 15) is 0 Å². The summed E-state index contributed by atoms with van der Waals surface area (Å²) < 4.78 is 6.05. The zero-order chi connectivity index (χ0) is 15.0. The molecule has 0 aromatic heterocycles. The van der Waals surface area contributed by atoms with E-state index >= 15 is 0 Å². The van der Waals surface area contributed by atoms with E-state index in [1.54, 1.807) is 5.67 Å². The molecule has 18 heavy (non-hydrogen) atoms. The summed E-state index contributed by atoms with van der Waals surface area (Å²) in [6.07, 6.45) is 0. The van der Waals surface area contributed by atoms with Gasteiger partial charge < -0.3 is 4.43 Å². The van der Waals surface area contributed by atoms with Crippen LogP contribution in [0, 0.1) is 0 Å². The summed E-state index contributed by atoms with van der Waals surface area (Å²) in [5, 5.41) is 0. The van der Waals surface area contributed by atoms with Crippen molar-refractivity contribution in [3.63, 3.8) is 0 Å². The minimum absolute atomic E-state index is 0.953. The average molecular weight is 321 g/mol. The molecule has 5 heteroatoms. The van der Waals surface area contributed by atoms with Gasteiger partial charge in [0.15, 0.2) is 8.32 Å². The van der Waals surface area contributed by atoms with E-state index in [-0.39, 0.29) is 0 Å². The highest BCUT2D eigenvalue weighted by molar-refractivity contribution is 7.14. The fraction of sp³-hybridized carbons (Fsp3) is 1.00. The Labute approximate surface area is 120 Å². The van der Waals surface area contributed by atoms with Crippen LogP contribution in [0.4, 0.5) is 0 Å². The Morgan fingerprint density at radius 3 is 1.39 bits per heavy atom. The van der Waals surface area contributed by atoms with Gasteiger partial charge in [-0.25, -0.2) is 0 Å². The van der Waals surface area contributed by atoms with Gasteiger partial charge in [-0.3, -0.25) is 0 Å². The molecule has 0 rings (SSSR count). The molecule has 1 nitrogen and oxygen atoms in total. The van der Waals surface area contributed by atoms with Crippen LogP contribution in [0.25, 0.3) is 0 Å². The van der Waals surface area contributed by atoms with Gasteiger partial charge >= 0.3 is 0 Å². The number of hydrogen-bond donors (Lipinski definition) is 0. The van der Waals surface area contributed by atoms with Crippen molar-refractivity contribution in [1.29, 1.82) is 0 Å². The van der Waals surface area contributed by atoms with Crippen LogP contribution in [0.1, 0.15) is 0 Å². The molecule has 0 aromatic rings. The quantitative estimate of drug-likeness (QED) is 0.610. The van der Waals surface area contributed by atoms with Crippen molar-refractivity contribution in [2.75, 3.05) is 7.11 Å². The summed E-state index contributed by atoms with van der Waals surface area (Å²) in [4.78, 5) is 0.953. The lowest BCUT2D eigenvalue weighted by molar-refractivity contribution is 0.405. The maximum absolute atomic E-state index is 6.05. The summed E-state index contributed by atoms with van der Waals surface area (Å²) in [6, 6.07) is 0. The molecule has 0 aliphatic carbocycles. The van der Waals surface area contributed by atoms with E-state index in [4.69, 9.17) is 4.43 Å². The van der Waals surface area contributed by atoms with Crippen molar-refractivity contribution in [3.8, 4) is 0 Å². The molecule has 0 fully saturated rings. The highest BCUT2D eigenvalue weighted by Crippen LogP contribution is 2.43. The molecule has 0 bridgehead atoms. The maximum Gasteiger partial charge on any atom is 0.184 e. The molecule has 0 radical (unpaired) electrons. The van der Waals surface area contributed by atoms with Gasteiger partial charge in [-0.15, -0.1) is 0 Å². The lowest BCUT2D eigenvalue weighted by atomic mass is 11.7. The second kappa shape index (κ2) is 5.67. The van der Waals surface area contributed by atoms with E-state index < -0.39 is 32.5 Å². The third kappa shape index (κ3) is 5.44. The van der Waals surface area contributed by atoms with E-state index in [1.807, 2.05) is 7.11 Å². The molecular formula is C13H36OSi4. The molecule has 1 atom stereocenters. The van der Waals surface area contributed by atoms with Gasteiger partial charge in [-0.1, -0.05) is 58.0 Å². The predicted octanol–water partition coefficient (Wildman–Crippen LogP) is 5.21. The van der Waals surface area contributed by atoms with Crippen LogP contribution in [0.3, 0.4) is 0 Å². The fourth-order valence-electron chi connectivity index (χ4n) is 4.74. The van der Waals surface area contributed by atoms with Crippen LogP contribution in [-0.2, 0) is 4.43 Å². The molecular weight excluding hydrogens is 284 g/mol. The Bertz CT molecular complexity index is 274. The summed E-state index contributed by atoms with van der Waals surface area (Å²) in [7, 11) is -2.91. The monoisotopic (exact) mass is 320 g/mol. The maximum atomic E-state index is 6.05. The summed E-state index contributed by atoms with van der Waals surface area (Å²) in [5.41, 5.74) is 1.55. The van der Waals surface area contributed by atoms with Crippen LogP contribution in [-0.4, -0.2) is 39.6 Å². The normalized spacial score (nSPS) is 16.8. The van der Waals surface area contributed by atoms with Crippen molar-refractivity contribution in [2.45, 2.75) is 75.9 Å². The lowest BCUT2D eigenvalue weighted by Gasteiger charge is -2.49. The second-order valence-electron chi connectivity index (χ2n) is 9.33. The van der Waals surface area contributed by atoms with Crippen molar-refractivity contribution >= 4 is 32.5 Å². The molecule has 0 aliphatic rings.